The van der Waals surface area contributed by atoms with Gasteiger partial charge in [0.2, 0.25) is 11.8 Å². The van der Waals surface area contributed by atoms with Gasteiger partial charge in [-0.2, -0.15) is 0 Å². The number of rotatable bonds is 6. The number of aliphatic hydroxyl groups is 1. The molecule has 1 saturated heterocycles. The van der Waals surface area contributed by atoms with E-state index in [2.05, 4.69) is 10.5 Å². The smallest absolute Gasteiger partial charge is 0.335 e. The molecular weight excluding hydrogens is 366 g/mol. The van der Waals surface area contributed by atoms with E-state index in [9.17, 15) is 19.5 Å². The van der Waals surface area contributed by atoms with Crippen molar-refractivity contribution in [2.24, 2.45) is 0 Å². The van der Waals surface area contributed by atoms with Crippen molar-refractivity contribution >= 4 is 17.8 Å². The molecule has 1 aromatic heterocycles. The van der Waals surface area contributed by atoms with Gasteiger partial charge in [-0.25, -0.2) is 4.79 Å². The standard InChI is InChI=1S/C19H21N3O6/c1-11-6-15(28-21-11)8-17(24)22-10-14(23)7-16(22)18(25)20-9-12-2-4-13(5-3-12)19(26)27/h2-6,14,16,23H,7-10H2,1H3,(H,20,25)(H,26,27). The fourth-order valence-corrected chi connectivity index (χ4v) is 3.16. The maximum atomic E-state index is 12.6. The maximum absolute atomic E-state index is 12.6. The lowest BCUT2D eigenvalue weighted by Gasteiger charge is -2.23. The van der Waals surface area contributed by atoms with Gasteiger partial charge in [0.1, 0.15) is 11.8 Å². The molecule has 0 spiro atoms. The molecule has 2 unspecified atom stereocenters. The molecule has 0 saturated carbocycles. The van der Waals surface area contributed by atoms with Crippen LogP contribution in [0.15, 0.2) is 34.9 Å². The van der Waals surface area contributed by atoms with Gasteiger partial charge >= 0.3 is 5.97 Å². The van der Waals surface area contributed by atoms with Gasteiger partial charge in [-0.1, -0.05) is 17.3 Å². The number of aromatic carboxylic acids is 1. The van der Waals surface area contributed by atoms with Crippen molar-refractivity contribution in [3.05, 3.63) is 52.9 Å². The van der Waals surface area contributed by atoms with Crippen molar-refractivity contribution in [1.82, 2.24) is 15.4 Å². The number of nitrogens with zero attached hydrogens (tertiary/aromatic N) is 2. The minimum Gasteiger partial charge on any atom is -0.478 e. The highest BCUT2D eigenvalue weighted by molar-refractivity contribution is 5.89. The molecule has 0 aliphatic carbocycles. The van der Waals surface area contributed by atoms with Gasteiger partial charge < -0.3 is 25.0 Å². The van der Waals surface area contributed by atoms with Crippen LogP contribution in [0.3, 0.4) is 0 Å². The number of amides is 2. The van der Waals surface area contributed by atoms with Gasteiger partial charge in [0.15, 0.2) is 0 Å². The summed E-state index contributed by atoms with van der Waals surface area (Å²) in [6.07, 6.45) is -0.648. The number of hydrogen-bond donors (Lipinski definition) is 3. The summed E-state index contributed by atoms with van der Waals surface area (Å²) in [7, 11) is 0. The van der Waals surface area contributed by atoms with Gasteiger partial charge in [0.25, 0.3) is 0 Å². The maximum Gasteiger partial charge on any atom is 0.335 e. The van der Waals surface area contributed by atoms with E-state index in [4.69, 9.17) is 9.63 Å². The molecule has 0 radical (unpaired) electrons. The Kier molecular flexibility index (Phi) is 5.74. The van der Waals surface area contributed by atoms with Crippen LogP contribution in [-0.4, -0.2) is 56.7 Å². The molecular formula is C19H21N3O6. The second kappa shape index (κ2) is 8.22. The molecule has 0 bridgehead atoms. The quantitative estimate of drug-likeness (QED) is 0.657. The first kappa shape index (κ1) is 19.6. The van der Waals surface area contributed by atoms with E-state index in [-0.39, 0.29) is 43.3 Å². The van der Waals surface area contributed by atoms with Gasteiger partial charge in [-0.15, -0.1) is 0 Å². The van der Waals surface area contributed by atoms with Gasteiger partial charge in [-0.05, 0) is 24.6 Å². The van der Waals surface area contributed by atoms with Gasteiger partial charge in [0, 0.05) is 25.6 Å². The van der Waals surface area contributed by atoms with Crippen molar-refractivity contribution in [3.8, 4) is 0 Å². The fraction of sp³-hybridized carbons (Fsp3) is 0.368. The zero-order chi connectivity index (χ0) is 20.3. The lowest BCUT2D eigenvalue weighted by Crippen LogP contribution is -2.46. The first-order valence-corrected chi connectivity index (χ1v) is 8.83. The average Bonchev–Trinajstić information content (AvgIpc) is 3.25. The number of carboxylic acid groups (broad SMARTS) is 1. The number of aryl methyl sites for hydroxylation is 1. The number of hydrogen-bond acceptors (Lipinski definition) is 6. The summed E-state index contributed by atoms with van der Waals surface area (Å²) >= 11 is 0. The van der Waals surface area contributed by atoms with Crippen molar-refractivity contribution in [1.29, 1.82) is 0 Å². The van der Waals surface area contributed by atoms with Crippen LogP contribution in [0.4, 0.5) is 0 Å². The number of β-amino-alcohol motifs (C(OH)–C–C–N with tert-alkyl or cyclic N) is 1. The SMILES string of the molecule is Cc1cc(CC(=O)N2CC(O)CC2C(=O)NCc2ccc(C(=O)O)cc2)on1. The van der Waals surface area contributed by atoms with Crippen molar-refractivity contribution < 1.29 is 29.1 Å². The Morgan fingerprint density at radius 2 is 2.00 bits per heavy atom. The van der Waals surface area contributed by atoms with Crippen LogP contribution in [0, 0.1) is 6.92 Å². The molecule has 2 amide bonds. The summed E-state index contributed by atoms with van der Waals surface area (Å²) in [5.41, 5.74) is 1.55. The highest BCUT2D eigenvalue weighted by Crippen LogP contribution is 2.20. The second-order valence-corrected chi connectivity index (χ2v) is 6.78. The first-order valence-electron chi connectivity index (χ1n) is 8.83. The molecule has 3 N–H and O–H groups in total. The molecule has 9 nitrogen and oxygen atoms in total. The van der Waals surface area contributed by atoms with E-state index in [1.54, 1.807) is 25.1 Å². The third kappa shape index (κ3) is 4.55. The normalized spacial score (nSPS) is 18.9. The minimum atomic E-state index is -1.02. The largest absolute Gasteiger partial charge is 0.478 e. The number of carbonyl (C=O) groups excluding carboxylic acids is 2. The van der Waals surface area contributed by atoms with E-state index in [0.29, 0.717) is 11.5 Å². The highest BCUT2D eigenvalue weighted by Gasteiger charge is 2.38. The molecule has 28 heavy (non-hydrogen) atoms. The molecule has 2 aromatic rings. The minimum absolute atomic E-state index is 0.0337. The van der Waals surface area contributed by atoms with Gasteiger partial charge in [0.05, 0.1) is 23.8 Å². The molecule has 1 aliphatic rings. The van der Waals surface area contributed by atoms with Crippen molar-refractivity contribution in [2.45, 2.75) is 38.5 Å². The molecule has 1 aliphatic heterocycles. The Balaban J connectivity index is 1.60. The van der Waals surface area contributed by atoms with Crippen LogP contribution in [0.2, 0.25) is 0 Å². The Hall–Kier alpha value is -3.20. The highest BCUT2D eigenvalue weighted by atomic mass is 16.5. The number of aromatic nitrogens is 1. The van der Waals surface area contributed by atoms with Crippen molar-refractivity contribution in [2.75, 3.05) is 6.54 Å². The molecule has 3 rings (SSSR count). The van der Waals surface area contributed by atoms with Crippen LogP contribution >= 0.6 is 0 Å². The third-order valence-corrected chi connectivity index (χ3v) is 4.57. The number of nitrogens with one attached hydrogen (secondary N) is 1. The number of aliphatic hydroxyl groups excluding tert-OH is 1. The van der Waals surface area contributed by atoms with E-state index < -0.39 is 18.1 Å². The van der Waals surface area contributed by atoms with Gasteiger partial charge in [-0.3, -0.25) is 9.59 Å². The lowest BCUT2D eigenvalue weighted by atomic mass is 10.1. The molecule has 2 atom stereocenters. The van der Waals surface area contributed by atoms with Crippen LogP contribution in [-0.2, 0) is 22.6 Å². The van der Waals surface area contributed by atoms with Crippen molar-refractivity contribution in [3.63, 3.8) is 0 Å². The summed E-state index contributed by atoms with van der Waals surface area (Å²) in [6.45, 7) is 2.02. The predicted molar refractivity (Wildman–Crippen MR) is 96.3 cm³/mol. The summed E-state index contributed by atoms with van der Waals surface area (Å²) in [4.78, 5) is 37.3. The number of carboxylic acids is 1. The zero-order valence-electron chi connectivity index (χ0n) is 15.3. The fourth-order valence-electron chi connectivity index (χ4n) is 3.16. The molecule has 9 heteroatoms. The van der Waals surface area contributed by atoms with Crippen LogP contribution in [0.25, 0.3) is 0 Å². The van der Waals surface area contributed by atoms with Crippen LogP contribution < -0.4 is 5.32 Å². The van der Waals surface area contributed by atoms with Crippen LogP contribution in [0.1, 0.15) is 33.8 Å². The first-order chi connectivity index (χ1) is 13.3. The summed E-state index contributed by atoms with van der Waals surface area (Å²) in [5.74, 6) is -1.31. The zero-order valence-corrected chi connectivity index (χ0v) is 15.3. The Morgan fingerprint density at radius 3 is 2.61 bits per heavy atom. The molecule has 1 fully saturated rings. The van der Waals surface area contributed by atoms with E-state index in [1.165, 1.54) is 17.0 Å². The molecule has 2 heterocycles. The topological polar surface area (TPSA) is 133 Å². The van der Waals surface area contributed by atoms with E-state index in [1.807, 2.05) is 0 Å². The monoisotopic (exact) mass is 387 g/mol. The molecule has 148 valence electrons. The average molecular weight is 387 g/mol. The number of likely N-dealkylation sites (tertiary alicyclic amines) is 1. The van der Waals surface area contributed by atoms with E-state index >= 15 is 0 Å². The summed E-state index contributed by atoms with van der Waals surface area (Å²) in [5, 5.41) is 25.3. The molecule has 1 aromatic carbocycles. The van der Waals surface area contributed by atoms with Crippen LogP contribution in [0.5, 0.6) is 0 Å². The summed E-state index contributed by atoms with van der Waals surface area (Å²) in [6, 6.07) is 7.02. The number of benzene rings is 1. The Labute approximate surface area is 160 Å². The number of carbonyl (C=O) groups is 3. The lowest BCUT2D eigenvalue weighted by molar-refractivity contribution is -0.138. The summed E-state index contributed by atoms with van der Waals surface area (Å²) < 4.78 is 5.05. The van der Waals surface area contributed by atoms with E-state index in [0.717, 1.165) is 5.56 Å². The Morgan fingerprint density at radius 1 is 1.29 bits per heavy atom. The predicted octanol–water partition coefficient (Wildman–Crippen LogP) is 0.502. The second-order valence-electron chi connectivity index (χ2n) is 6.78. The third-order valence-electron chi connectivity index (χ3n) is 4.57. The Bertz CT molecular complexity index is 876.